The van der Waals surface area contributed by atoms with E-state index >= 15 is 0 Å². The van der Waals surface area contributed by atoms with Gasteiger partial charge in [-0.25, -0.2) is 9.37 Å². The van der Waals surface area contributed by atoms with Crippen molar-refractivity contribution in [1.29, 1.82) is 0 Å². The Labute approximate surface area is 117 Å². The molecule has 1 amide bonds. The topological polar surface area (TPSA) is 46.9 Å². The molecule has 0 saturated carbocycles. The van der Waals surface area contributed by atoms with Gasteiger partial charge in [0.1, 0.15) is 17.7 Å². The van der Waals surface area contributed by atoms with Crippen molar-refractivity contribution in [2.24, 2.45) is 7.05 Å². The van der Waals surface area contributed by atoms with Crippen LogP contribution >= 0.6 is 0 Å². The predicted molar refractivity (Wildman–Crippen MR) is 74.4 cm³/mol. The number of halogens is 1. The van der Waals surface area contributed by atoms with Crippen LogP contribution in [-0.2, 0) is 11.8 Å². The summed E-state index contributed by atoms with van der Waals surface area (Å²) in [4.78, 5) is 16.0. The summed E-state index contributed by atoms with van der Waals surface area (Å²) < 4.78 is 15.8. The summed E-state index contributed by atoms with van der Waals surface area (Å²) in [6.45, 7) is 1.75. The minimum atomic E-state index is -0.625. The third-order valence-corrected chi connectivity index (χ3v) is 2.94. The lowest BCUT2D eigenvalue weighted by molar-refractivity contribution is -0.117. The van der Waals surface area contributed by atoms with Crippen molar-refractivity contribution in [3.05, 3.63) is 66.0 Å². The summed E-state index contributed by atoms with van der Waals surface area (Å²) in [5.74, 6) is -0.0852. The van der Waals surface area contributed by atoms with E-state index in [1.54, 1.807) is 55.2 Å². The van der Waals surface area contributed by atoms with Gasteiger partial charge in [0, 0.05) is 25.0 Å². The van der Waals surface area contributed by atoms with Crippen molar-refractivity contribution in [1.82, 2.24) is 14.9 Å². The molecule has 0 aliphatic rings. The number of hydrogen-bond acceptors (Lipinski definition) is 2. The smallest absolute Gasteiger partial charge is 0.244 e. The van der Waals surface area contributed by atoms with Crippen LogP contribution in [0, 0.1) is 5.82 Å². The molecule has 0 bridgehead atoms. The fraction of sp³-hybridized carbons (Fsp3) is 0.200. The molecule has 0 aliphatic carbocycles. The molecule has 1 heterocycles. The summed E-state index contributed by atoms with van der Waals surface area (Å²) in [6, 6.07) is 5.73. The Balaban J connectivity index is 2.42. The fourth-order valence-corrected chi connectivity index (χ4v) is 1.99. The summed E-state index contributed by atoms with van der Waals surface area (Å²) in [6.07, 6.45) is 6.40. The van der Waals surface area contributed by atoms with Crippen LogP contribution in [0.5, 0.6) is 0 Å². The maximum Gasteiger partial charge on any atom is 0.244 e. The molecule has 2 aromatic rings. The molecule has 0 fully saturated rings. The Morgan fingerprint density at radius 2 is 2.20 bits per heavy atom. The molecule has 20 heavy (non-hydrogen) atoms. The molecule has 1 aromatic heterocycles. The van der Waals surface area contributed by atoms with Crippen molar-refractivity contribution >= 4 is 5.91 Å². The molecule has 1 atom stereocenters. The molecule has 104 valence electrons. The lowest BCUT2D eigenvalue weighted by Gasteiger charge is -2.18. The van der Waals surface area contributed by atoms with Gasteiger partial charge in [0.25, 0.3) is 0 Å². The second-order valence-corrected chi connectivity index (χ2v) is 4.36. The lowest BCUT2D eigenvalue weighted by Crippen LogP contribution is -2.30. The van der Waals surface area contributed by atoms with E-state index in [-0.39, 0.29) is 11.7 Å². The number of benzene rings is 1. The number of hydrogen-bond donors (Lipinski definition) is 1. The summed E-state index contributed by atoms with van der Waals surface area (Å²) in [7, 11) is 1.80. The SMILES string of the molecule is C/C=C/C(=O)NC(c1ccccc1F)c1nccn1C. The Bertz CT molecular complexity index is 634. The van der Waals surface area contributed by atoms with Crippen LogP contribution in [0.1, 0.15) is 24.4 Å². The van der Waals surface area contributed by atoms with E-state index in [1.807, 2.05) is 0 Å². The quantitative estimate of drug-likeness (QED) is 0.869. The normalized spacial score (nSPS) is 12.6. The highest BCUT2D eigenvalue weighted by Gasteiger charge is 2.22. The number of nitrogens with zero attached hydrogens (tertiary/aromatic N) is 2. The van der Waals surface area contributed by atoms with E-state index in [1.165, 1.54) is 12.1 Å². The molecular formula is C15H16FN3O. The van der Waals surface area contributed by atoms with Crippen LogP contribution in [0.3, 0.4) is 0 Å². The number of amides is 1. The highest BCUT2D eigenvalue weighted by molar-refractivity contribution is 5.87. The Kier molecular flexibility index (Phi) is 4.30. The van der Waals surface area contributed by atoms with E-state index in [2.05, 4.69) is 10.3 Å². The van der Waals surface area contributed by atoms with Crippen LogP contribution in [0.4, 0.5) is 4.39 Å². The van der Waals surface area contributed by atoms with Gasteiger partial charge in [-0.15, -0.1) is 0 Å². The standard InChI is InChI=1S/C15H16FN3O/c1-3-6-13(20)18-14(15-17-9-10-19(15)2)11-7-4-5-8-12(11)16/h3-10,14H,1-2H3,(H,18,20)/b6-3+. The zero-order valence-corrected chi connectivity index (χ0v) is 11.4. The number of allylic oxidation sites excluding steroid dienone is 1. The van der Waals surface area contributed by atoms with Gasteiger partial charge in [0.15, 0.2) is 0 Å². The minimum Gasteiger partial charge on any atom is -0.338 e. The highest BCUT2D eigenvalue weighted by Crippen LogP contribution is 2.22. The van der Waals surface area contributed by atoms with E-state index in [0.717, 1.165) is 0 Å². The molecule has 0 radical (unpaired) electrons. The molecule has 1 unspecified atom stereocenters. The number of carbonyl (C=O) groups is 1. The monoisotopic (exact) mass is 273 g/mol. The van der Waals surface area contributed by atoms with Crippen molar-refractivity contribution in [2.45, 2.75) is 13.0 Å². The zero-order valence-electron chi connectivity index (χ0n) is 11.4. The highest BCUT2D eigenvalue weighted by atomic mass is 19.1. The molecule has 2 rings (SSSR count). The van der Waals surface area contributed by atoms with Gasteiger partial charge in [-0.1, -0.05) is 24.3 Å². The lowest BCUT2D eigenvalue weighted by atomic mass is 10.1. The molecule has 1 aromatic carbocycles. The Morgan fingerprint density at radius 3 is 2.80 bits per heavy atom. The second kappa shape index (κ2) is 6.14. The average molecular weight is 273 g/mol. The predicted octanol–water partition coefficient (Wildman–Crippen LogP) is 2.34. The van der Waals surface area contributed by atoms with E-state index in [9.17, 15) is 9.18 Å². The molecule has 4 nitrogen and oxygen atoms in total. The third-order valence-electron chi connectivity index (χ3n) is 2.94. The van der Waals surface area contributed by atoms with Gasteiger partial charge in [-0.3, -0.25) is 4.79 Å². The maximum atomic E-state index is 14.0. The van der Waals surface area contributed by atoms with Gasteiger partial charge < -0.3 is 9.88 Å². The van der Waals surface area contributed by atoms with E-state index in [0.29, 0.717) is 11.4 Å². The Hall–Kier alpha value is -2.43. The largest absolute Gasteiger partial charge is 0.338 e. The third kappa shape index (κ3) is 2.93. The van der Waals surface area contributed by atoms with Gasteiger partial charge >= 0.3 is 0 Å². The number of aryl methyl sites for hydroxylation is 1. The van der Waals surface area contributed by atoms with Crippen molar-refractivity contribution in [3.63, 3.8) is 0 Å². The first-order chi connectivity index (χ1) is 9.63. The maximum absolute atomic E-state index is 14.0. The van der Waals surface area contributed by atoms with Crippen LogP contribution in [0.15, 0.2) is 48.8 Å². The summed E-state index contributed by atoms with van der Waals surface area (Å²) >= 11 is 0. The average Bonchev–Trinajstić information content (AvgIpc) is 2.83. The zero-order chi connectivity index (χ0) is 14.5. The number of carbonyl (C=O) groups excluding carboxylic acids is 1. The van der Waals surface area contributed by atoms with Crippen molar-refractivity contribution in [3.8, 4) is 0 Å². The molecule has 0 saturated heterocycles. The molecular weight excluding hydrogens is 257 g/mol. The van der Waals surface area contributed by atoms with E-state index in [4.69, 9.17) is 0 Å². The summed E-state index contributed by atoms with van der Waals surface area (Å²) in [5.41, 5.74) is 0.389. The van der Waals surface area contributed by atoms with Gasteiger partial charge in [-0.05, 0) is 19.1 Å². The number of rotatable bonds is 4. The fourth-order valence-electron chi connectivity index (χ4n) is 1.99. The molecule has 1 N–H and O–H groups in total. The molecule has 0 aliphatic heterocycles. The first-order valence-electron chi connectivity index (χ1n) is 6.28. The number of nitrogens with one attached hydrogen (secondary N) is 1. The first-order valence-corrected chi connectivity index (χ1v) is 6.28. The minimum absolute atomic E-state index is 0.288. The Morgan fingerprint density at radius 1 is 1.45 bits per heavy atom. The molecule has 0 spiro atoms. The first kappa shape index (κ1) is 14.0. The van der Waals surface area contributed by atoms with Crippen LogP contribution in [-0.4, -0.2) is 15.5 Å². The van der Waals surface area contributed by atoms with Crippen LogP contribution in [0.25, 0.3) is 0 Å². The van der Waals surface area contributed by atoms with Gasteiger partial charge in [0.2, 0.25) is 5.91 Å². The number of imidazole rings is 1. The second-order valence-electron chi connectivity index (χ2n) is 4.36. The summed E-state index contributed by atoms with van der Waals surface area (Å²) in [5, 5.41) is 2.77. The van der Waals surface area contributed by atoms with Crippen molar-refractivity contribution < 1.29 is 9.18 Å². The van der Waals surface area contributed by atoms with Crippen molar-refractivity contribution in [2.75, 3.05) is 0 Å². The number of aromatic nitrogens is 2. The van der Waals surface area contributed by atoms with Crippen LogP contribution in [0.2, 0.25) is 0 Å². The van der Waals surface area contributed by atoms with Crippen LogP contribution < -0.4 is 5.32 Å². The van der Waals surface area contributed by atoms with Gasteiger partial charge in [0.05, 0.1) is 0 Å². The van der Waals surface area contributed by atoms with Gasteiger partial charge in [-0.2, -0.15) is 0 Å². The molecule has 5 heteroatoms. The van der Waals surface area contributed by atoms with E-state index < -0.39 is 6.04 Å².